The monoisotopic (exact) mass is 292 g/mol. The number of rotatable bonds is 8. The Kier molecular flexibility index (Phi) is 6.72. The minimum absolute atomic E-state index is 0.0133. The molecule has 0 heterocycles. The lowest BCUT2D eigenvalue weighted by Crippen LogP contribution is -2.41. The van der Waals surface area contributed by atoms with Crippen LogP contribution in [0.25, 0.3) is 0 Å². The molecule has 0 spiro atoms. The van der Waals surface area contributed by atoms with E-state index in [4.69, 9.17) is 5.11 Å². The van der Waals surface area contributed by atoms with Crippen molar-refractivity contribution in [2.45, 2.75) is 27.2 Å². The van der Waals surface area contributed by atoms with Gasteiger partial charge < -0.3 is 14.9 Å². The molecule has 1 amide bonds. The molecular weight excluding hydrogens is 268 g/mol. The normalized spacial score (nSPS) is 10.2. The van der Waals surface area contributed by atoms with Crippen molar-refractivity contribution in [2.75, 3.05) is 31.1 Å². The summed E-state index contributed by atoms with van der Waals surface area (Å²) in [5, 5.41) is 8.87. The van der Waals surface area contributed by atoms with Gasteiger partial charge in [0.25, 0.3) is 0 Å². The lowest BCUT2D eigenvalue weighted by atomic mass is 10.2. The van der Waals surface area contributed by atoms with Gasteiger partial charge in [0.05, 0.1) is 13.0 Å². The Bertz CT molecular complexity index is 467. The molecule has 21 heavy (non-hydrogen) atoms. The molecule has 0 unspecified atom stereocenters. The van der Waals surface area contributed by atoms with Gasteiger partial charge in [-0.2, -0.15) is 0 Å². The van der Waals surface area contributed by atoms with Crippen molar-refractivity contribution in [1.82, 2.24) is 4.90 Å². The van der Waals surface area contributed by atoms with E-state index >= 15 is 0 Å². The number of hydrogen-bond donors (Lipinski definition) is 1. The van der Waals surface area contributed by atoms with E-state index in [-0.39, 0.29) is 18.9 Å². The molecule has 1 N–H and O–H groups in total. The SMILES string of the molecule is CCN(CC)C(=O)CN(CCC(=O)O)c1ccc(C)cc1. The minimum Gasteiger partial charge on any atom is -0.481 e. The Labute approximate surface area is 126 Å². The maximum absolute atomic E-state index is 12.2. The van der Waals surface area contributed by atoms with Crippen LogP contribution in [0.5, 0.6) is 0 Å². The quantitative estimate of drug-likeness (QED) is 0.797. The molecule has 1 aromatic carbocycles. The van der Waals surface area contributed by atoms with Crippen molar-refractivity contribution in [2.24, 2.45) is 0 Å². The number of anilines is 1. The molecule has 0 saturated carbocycles. The van der Waals surface area contributed by atoms with Crippen LogP contribution < -0.4 is 4.90 Å². The van der Waals surface area contributed by atoms with Crippen LogP contribution in [0.4, 0.5) is 5.69 Å². The zero-order valence-corrected chi connectivity index (χ0v) is 13.0. The number of carboxylic acid groups (broad SMARTS) is 1. The summed E-state index contributed by atoms with van der Waals surface area (Å²) in [6.45, 7) is 7.73. The number of carboxylic acids is 1. The first kappa shape index (κ1) is 17.0. The number of aryl methyl sites for hydroxylation is 1. The molecule has 0 aromatic heterocycles. The van der Waals surface area contributed by atoms with Gasteiger partial charge >= 0.3 is 5.97 Å². The van der Waals surface area contributed by atoms with Crippen molar-refractivity contribution in [1.29, 1.82) is 0 Å². The lowest BCUT2D eigenvalue weighted by molar-refractivity contribution is -0.137. The van der Waals surface area contributed by atoms with E-state index in [1.165, 1.54) is 0 Å². The molecule has 0 aliphatic rings. The van der Waals surface area contributed by atoms with Crippen molar-refractivity contribution < 1.29 is 14.7 Å². The van der Waals surface area contributed by atoms with Gasteiger partial charge in [-0.25, -0.2) is 0 Å². The summed E-state index contributed by atoms with van der Waals surface area (Å²) in [5.41, 5.74) is 2.01. The molecule has 0 radical (unpaired) electrons. The van der Waals surface area contributed by atoms with Gasteiger partial charge in [-0.15, -0.1) is 0 Å². The van der Waals surface area contributed by atoms with Crippen molar-refractivity contribution in [3.05, 3.63) is 29.8 Å². The van der Waals surface area contributed by atoms with Crippen molar-refractivity contribution >= 4 is 17.6 Å². The number of amides is 1. The summed E-state index contributed by atoms with van der Waals surface area (Å²) in [6.07, 6.45) is 0.0133. The third-order valence-electron chi connectivity index (χ3n) is 3.44. The number of carbonyl (C=O) groups excluding carboxylic acids is 1. The molecule has 0 aliphatic heterocycles. The fraction of sp³-hybridized carbons (Fsp3) is 0.500. The summed E-state index contributed by atoms with van der Waals surface area (Å²) in [4.78, 5) is 26.6. The average Bonchev–Trinajstić information content (AvgIpc) is 2.45. The van der Waals surface area contributed by atoms with Gasteiger partial charge in [-0.3, -0.25) is 9.59 Å². The second-order valence-electron chi connectivity index (χ2n) is 4.97. The van der Waals surface area contributed by atoms with Gasteiger partial charge in [0.2, 0.25) is 5.91 Å². The van der Waals surface area contributed by atoms with Gasteiger partial charge in [0.15, 0.2) is 0 Å². The van der Waals surface area contributed by atoms with Crippen molar-refractivity contribution in [3.63, 3.8) is 0 Å². The molecule has 0 bridgehead atoms. The Hall–Kier alpha value is -2.04. The van der Waals surface area contributed by atoms with Gasteiger partial charge in [-0.1, -0.05) is 17.7 Å². The Balaban J connectivity index is 2.83. The largest absolute Gasteiger partial charge is 0.481 e. The van der Waals surface area contributed by atoms with Gasteiger partial charge in [0, 0.05) is 25.3 Å². The second-order valence-corrected chi connectivity index (χ2v) is 4.97. The Morgan fingerprint density at radius 3 is 2.14 bits per heavy atom. The summed E-state index contributed by atoms with van der Waals surface area (Å²) >= 11 is 0. The number of nitrogens with zero attached hydrogens (tertiary/aromatic N) is 2. The molecule has 0 saturated heterocycles. The Morgan fingerprint density at radius 1 is 1.10 bits per heavy atom. The standard InChI is InChI=1S/C16H24N2O3/c1-4-17(5-2)15(19)12-18(11-10-16(20)21)14-8-6-13(3)7-9-14/h6-9H,4-5,10-12H2,1-3H3,(H,20,21). The molecule has 1 aromatic rings. The summed E-state index contributed by atoms with van der Waals surface area (Å²) in [6, 6.07) is 7.77. The van der Waals surface area contributed by atoms with Crippen LogP contribution in [0.1, 0.15) is 25.8 Å². The van der Waals surface area contributed by atoms with E-state index in [0.717, 1.165) is 11.3 Å². The smallest absolute Gasteiger partial charge is 0.305 e. The van der Waals surface area contributed by atoms with E-state index in [9.17, 15) is 9.59 Å². The molecule has 0 fully saturated rings. The first-order valence-electron chi connectivity index (χ1n) is 7.29. The fourth-order valence-electron chi connectivity index (χ4n) is 2.13. The molecule has 116 valence electrons. The number of aliphatic carboxylic acids is 1. The van der Waals surface area contributed by atoms with E-state index in [1.54, 1.807) is 4.90 Å². The zero-order chi connectivity index (χ0) is 15.8. The van der Waals surface area contributed by atoms with Crippen LogP contribution in [0.3, 0.4) is 0 Å². The highest BCUT2D eigenvalue weighted by atomic mass is 16.4. The van der Waals surface area contributed by atoms with Crippen LogP contribution in [0, 0.1) is 6.92 Å². The minimum atomic E-state index is -0.859. The molecule has 5 nitrogen and oxygen atoms in total. The van der Waals surface area contributed by atoms with Crippen molar-refractivity contribution in [3.8, 4) is 0 Å². The molecule has 0 atom stereocenters. The van der Waals surface area contributed by atoms with Gasteiger partial charge in [0.1, 0.15) is 0 Å². The molecule has 1 rings (SSSR count). The number of hydrogen-bond acceptors (Lipinski definition) is 3. The highest BCUT2D eigenvalue weighted by molar-refractivity contribution is 5.81. The molecular formula is C16H24N2O3. The van der Waals surface area contributed by atoms with Crippen LogP contribution in [0.2, 0.25) is 0 Å². The molecule has 5 heteroatoms. The van der Waals surface area contributed by atoms with Crippen LogP contribution in [0.15, 0.2) is 24.3 Å². The highest BCUT2D eigenvalue weighted by Gasteiger charge is 2.16. The fourth-order valence-corrected chi connectivity index (χ4v) is 2.13. The average molecular weight is 292 g/mol. The van der Waals surface area contributed by atoms with E-state index in [0.29, 0.717) is 19.6 Å². The summed E-state index contributed by atoms with van der Waals surface area (Å²) in [7, 11) is 0. The predicted octanol–water partition coefficient (Wildman–Crippen LogP) is 2.14. The van der Waals surface area contributed by atoms with Crippen LogP contribution in [-0.4, -0.2) is 48.1 Å². The Morgan fingerprint density at radius 2 is 1.67 bits per heavy atom. The topological polar surface area (TPSA) is 60.9 Å². The predicted molar refractivity (Wildman–Crippen MR) is 83.6 cm³/mol. The maximum Gasteiger partial charge on any atom is 0.305 e. The molecule has 0 aliphatic carbocycles. The first-order valence-corrected chi connectivity index (χ1v) is 7.29. The third kappa shape index (κ3) is 5.45. The maximum atomic E-state index is 12.2. The third-order valence-corrected chi connectivity index (χ3v) is 3.44. The second kappa shape index (κ2) is 8.29. The van der Waals surface area contributed by atoms with Gasteiger partial charge in [-0.05, 0) is 32.9 Å². The number of likely N-dealkylation sites (N-methyl/N-ethyl adjacent to an activating group) is 1. The lowest BCUT2D eigenvalue weighted by Gasteiger charge is -2.27. The summed E-state index contributed by atoms with van der Waals surface area (Å²) < 4.78 is 0. The van der Waals surface area contributed by atoms with E-state index in [2.05, 4.69) is 0 Å². The summed E-state index contributed by atoms with van der Waals surface area (Å²) in [5.74, 6) is -0.839. The van der Waals surface area contributed by atoms with Crippen LogP contribution >= 0.6 is 0 Å². The highest BCUT2D eigenvalue weighted by Crippen LogP contribution is 2.15. The zero-order valence-electron chi connectivity index (χ0n) is 13.0. The number of benzene rings is 1. The number of carbonyl (C=O) groups is 2. The van der Waals surface area contributed by atoms with E-state index < -0.39 is 5.97 Å². The van der Waals surface area contributed by atoms with E-state index in [1.807, 2.05) is 49.9 Å². The first-order chi connectivity index (χ1) is 9.97. The van der Waals surface area contributed by atoms with Crippen LogP contribution in [-0.2, 0) is 9.59 Å².